The van der Waals surface area contributed by atoms with Gasteiger partial charge < -0.3 is 4.90 Å². The molecule has 116 valence electrons. The summed E-state index contributed by atoms with van der Waals surface area (Å²) in [6, 6.07) is 25.7. The SMILES string of the molecule is CCc1ccccc1N(c1ccc(Br)cc1)c1ccccc1C. The van der Waals surface area contributed by atoms with Crippen LogP contribution in [0.1, 0.15) is 18.1 Å². The van der Waals surface area contributed by atoms with E-state index in [4.69, 9.17) is 0 Å². The minimum atomic E-state index is 1.01. The van der Waals surface area contributed by atoms with Gasteiger partial charge in [-0.25, -0.2) is 0 Å². The Labute approximate surface area is 146 Å². The molecule has 0 saturated heterocycles. The van der Waals surface area contributed by atoms with Crippen LogP contribution in [0.4, 0.5) is 17.1 Å². The lowest BCUT2D eigenvalue weighted by Gasteiger charge is -2.29. The molecule has 0 bridgehead atoms. The van der Waals surface area contributed by atoms with E-state index in [9.17, 15) is 0 Å². The summed E-state index contributed by atoms with van der Waals surface area (Å²) < 4.78 is 1.09. The third-order valence-electron chi connectivity index (χ3n) is 4.05. The second kappa shape index (κ2) is 7.01. The Kier molecular flexibility index (Phi) is 4.82. The number of hydrogen-bond donors (Lipinski definition) is 0. The lowest BCUT2D eigenvalue weighted by Crippen LogP contribution is -2.13. The van der Waals surface area contributed by atoms with Crippen LogP contribution in [-0.4, -0.2) is 0 Å². The Morgan fingerprint density at radius 1 is 0.783 bits per heavy atom. The quantitative estimate of drug-likeness (QED) is 0.491. The van der Waals surface area contributed by atoms with Crippen molar-refractivity contribution >= 4 is 33.0 Å². The highest BCUT2D eigenvalue weighted by Gasteiger charge is 2.16. The van der Waals surface area contributed by atoms with Gasteiger partial charge in [0.2, 0.25) is 0 Å². The molecule has 0 amide bonds. The Balaban J connectivity index is 2.22. The van der Waals surface area contributed by atoms with Crippen molar-refractivity contribution in [3.8, 4) is 0 Å². The van der Waals surface area contributed by atoms with E-state index in [1.807, 2.05) is 0 Å². The molecule has 0 atom stereocenters. The summed E-state index contributed by atoms with van der Waals surface area (Å²) in [4.78, 5) is 2.35. The van der Waals surface area contributed by atoms with Gasteiger partial charge in [0, 0.05) is 21.5 Å². The van der Waals surface area contributed by atoms with Crippen LogP contribution in [0.25, 0.3) is 0 Å². The van der Waals surface area contributed by atoms with E-state index in [1.165, 1.54) is 28.2 Å². The summed E-state index contributed by atoms with van der Waals surface area (Å²) in [5, 5.41) is 0. The molecule has 0 unspecified atom stereocenters. The second-order valence-electron chi connectivity index (χ2n) is 5.58. The van der Waals surface area contributed by atoms with Crippen LogP contribution in [0, 0.1) is 6.92 Å². The number of aryl methyl sites for hydroxylation is 2. The van der Waals surface area contributed by atoms with Crippen molar-refractivity contribution in [3.63, 3.8) is 0 Å². The molecule has 3 aromatic rings. The van der Waals surface area contributed by atoms with Crippen molar-refractivity contribution in [1.29, 1.82) is 0 Å². The van der Waals surface area contributed by atoms with Gasteiger partial charge in [0.25, 0.3) is 0 Å². The Morgan fingerprint density at radius 3 is 2.04 bits per heavy atom. The van der Waals surface area contributed by atoms with Gasteiger partial charge in [-0.05, 0) is 60.9 Å². The van der Waals surface area contributed by atoms with Gasteiger partial charge in [-0.2, -0.15) is 0 Å². The summed E-state index contributed by atoms with van der Waals surface area (Å²) in [6.07, 6.45) is 1.01. The third-order valence-corrected chi connectivity index (χ3v) is 4.58. The average molecular weight is 366 g/mol. The first-order valence-corrected chi connectivity index (χ1v) is 8.69. The van der Waals surface area contributed by atoms with Crippen LogP contribution < -0.4 is 4.90 Å². The maximum Gasteiger partial charge on any atom is 0.0493 e. The highest BCUT2D eigenvalue weighted by Crippen LogP contribution is 2.38. The lowest BCUT2D eigenvalue weighted by molar-refractivity contribution is 1.11. The number of rotatable bonds is 4. The average Bonchev–Trinajstić information content (AvgIpc) is 2.59. The molecule has 2 heteroatoms. The number of para-hydroxylation sites is 2. The van der Waals surface area contributed by atoms with E-state index in [0.717, 1.165) is 10.9 Å². The fourth-order valence-corrected chi connectivity index (χ4v) is 3.10. The number of halogens is 1. The number of nitrogens with zero attached hydrogens (tertiary/aromatic N) is 1. The fourth-order valence-electron chi connectivity index (χ4n) is 2.84. The third kappa shape index (κ3) is 3.32. The zero-order chi connectivity index (χ0) is 16.2. The molecular formula is C21H20BrN. The van der Waals surface area contributed by atoms with E-state index in [1.54, 1.807) is 0 Å². The standard InChI is InChI=1S/C21H20BrN/c1-3-17-9-5-7-11-21(17)23(19-14-12-18(22)13-15-19)20-10-6-4-8-16(20)2/h4-15H,3H2,1-2H3. The van der Waals surface area contributed by atoms with Crippen LogP contribution in [0.15, 0.2) is 77.3 Å². The first kappa shape index (κ1) is 15.8. The monoisotopic (exact) mass is 365 g/mol. The summed E-state index contributed by atoms with van der Waals surface area (Å²) in [7, 11) is 0. The van der Waals surface area contributed by atoms with Gasteiger partial charge in [0.1, 0.15) is 0 Å². The summed E-state index contributed by atoms with van der Waals surface area (Å²) >= 11 is 3.53. The van der Waals surface area contributed by atoms with Crippen LogP contribution in [0.3, 0.4) is 0 Å². The van der Waals surface area contributed by atoms with Gasteiger partial charge in [-0.1, -0.05) is 59.3 Å². The number of benzene rings is 3. The molecule has 23 heavy (non-hydrogen) atoms. The van der Waals surface area contributed by atoms with Crippen molar-refractivity contribution in [3.05, 3.63) is 88.4 Å². The van der Waals surface area contributed by atoms with Gasteiger partial charge >= 0.3 is 0 Å². The molecule has 0 fully saturated rings. The molecule has 0 aliphatic rings. The van der Waals surface area contributed by atoms with Crippen LogP contribution >= 0.6 is 15.9 Å². The smallest absolute Gasteiger partial charge is 0.0493 e. The van der Waals surface area contributed by atoms with Crippen molar-refractivity contribution < 1.29 is 0 Å². The van der Waals surface area contributed by atoms with E-state index in [-0.39, 0.29) is 0 Å². The van der Waals surface area contributed by atoms with Crippen molar-refractivity contribution in [2.24, 2.45) is 0 Å². The topological polar surface area (TPSA) is 3.24 Å². The maximum absolute atomic E-state index is 3.53. The first-order chi connectivity index (χ1) is 11.2. The van der Waals surface area contributed by atoms with Crippen molar-refractivity contribution in [2.75, 3.05) is 4.90 Å². The molecule has 0 saturated carbocycles. The minimum Gasteiger partial charge on any atom is -0.310 e. The van der Waals surface area contributed by atoms with Gasteiger partial charge in [-0.3, -0.25) is 0 Å². The van der Waals surface area contributed by atoms with Crippen LogP contribution in [0.2, 0.25) is 0 Å². The molecule has 0 aliphatic heterocycles. The molecular weight excluding hydrogens is 346 g/mol. The molecule has 0 heterocycles. The molecule has 1 nitrogen and oxygen atoms in total. The molecule has 3 aromatic carbocycles. The molecule has 0 radical (unpaired) electrons. The largest absolute Gasteiger partial charge is 0.310 e. The molecule has 0 N–H and O–H groups in total. The maximum atomic E-state index is 3.53. The summed E-state index contributed by atoms with van der Waals surface area (Å²) in [6.45, 7) is 4.37. The second-order valence-corrected chi connectivity index (χ2v) is 6.50. The molecule has 0 aliphatic carbocycles. The first-order valence-electron chi connectivity index (χ1n) is 7.90. The lowest BCUT2D eigenvalue weighted by atomic mass is 10.1. The predicted molar refractivity (Wildman–Crippen MR) is 103 cm³/mol. The van der Waals surface area contributed by atoms with E-state index >= 15 is 0 Å². The van der Waals surface area contributed by atoms with Crippen molar-refractivity contribution in [2.45, 2.75) is 20.3 Å². The van der Waals surface area contributed by atoms with E-state index in [0.29, 0.717) is 0 Å². The molecule has 3 rings (SSSR count). The van der Waals surface area contributed by atoms with Gasteiger partial charge in [-0.15, -0.1) is 0 Å². The number of anilines is 3. The van der Waals surface area contributed by atoms with Gasteiger partial charge in [0.15, 0.2) is 0 Å². The zero-order valence-corrected chi connectivity index (χ0v) is 15.0. The summed E-state index contributed by atoms with van der Waals surface area (Å²) in [5.74, 6) is 0. The normalized spacial score (nSPS) is 10.6. The summed E-state index contributed by atoms with van der Waals surface area (Å²) in [5.41, 5.74) is 6.24. The van der Waals surface area contributed by atoms with Crippen molar-refractivity contribution in [1.82, 2.24) is 0 Å². The number of hydrogen-bond acceptors (Lipinski definition) is 1. The van der Waals surface area contributed by atoms with E-state index < -0.39 is 0 Å². The van der Waals surface area contributed by atoms with Crippen LogP contribution in [-0.2, 0) is 6.42 Å². The Hall–Kier alpha value is -2.06. The predicted octanol–water partition coefficient (Wildman–Crippen LogP) is 6.79. The minimum absolute atomic E-state index is 1.01. The fraction of sp³-hybridized carbons (Fsp3) is 0.143. The van der Waals surface area contributed by atoms with Gasteiger partial charge in [0.05, 0.1) is 0 Å². The zero-order valence-electron chi connectivity index (χ0n) is 13.5. The molecule has 0 aromatic heterocycles. The highest BCUT2D eigenvalue weighted by atomic mass is 79.9. The van der Waals surface area contributed by atoms with Crippen LogP contribution in [0.5, 0.6) is 0 Å². The molecule has 0 spiro atoms. The Morgan fingerprint density at radius 2 is 1.39 bits per heavy atom. The Bertz CT molecular complexity index is 793. The van der Waals surface area contributed by atoms with E-state index in [2.05, 4.69) is 107 Å². The highest BCUT2D eigenvalue weighted by molar-refractivity contribution is 9.10.